The Morgan fingerprint density at radius 2 is 1.74 bits per heavy atom. The van der Waals surface area contributed by atoms with Gasteiger partial charge < -0.3 is 15.2 Å². The van der Waals surface area contributed by atoms with Crippen LogP contribution in [0.4, 0.5) is 23.4 Å². The molecule has 0 aliphatic heterocycles. The number of hydrogen-bond acceptors (Lipinski definition) is 5. The van der Waals surface area contributed by atoms with Crippen molar-refractivity contribution >= 4 is 5.82 Å². The van der Waals surface area contributed by atoms with E-state index >= 15 is 4.39 Å². The van der Waals surface area contributed by atoms with Gasteiger partial charge in [0.1, 0.15) is 18.2 Å². The van der Waals surface area contributed by atoms with Crippen molar-refractivity contribution in [2.75, 3.05) is 5.73 Å². The topological polar surface area (TPSA) is 70.3 Å². The van der Waals surface area contributed by atoms with Crippen LogP contribution in [0.2, 0.25) is 0 Å². The second kappa shape index (κ2) is 8.41. The molecule has 0 saturated heterocycles. The molecule has 162 valence electrons. The predicted molar refractivity (Wildman–Crippen MR) is 106 cm³/mol. The van der Waals surface area contributed by atoms with Crippen molar-refractivity contribution < 1.29 is 27.0 Å². The van der Waals surface area contributed by atoms with Crippen LogP contribution in [0.25, 0.3) is 11.3 Å². The maximum Gasteiger partial charge on any atom is 0.573 e. The van der Waals surface area contributed by atoms with Crippen LogP contribution < -0.4 is 15.2 Å². The summed E-state index contributed by atoms with van der Waals surface area (Å²) in [6.45, 7) is -0.0141. The fourth-order valence-electron chi connectivity index (χ4n) is 3.38. The van der Waals surface area contributed by atoms with Crippen molar-refractivity contribution in [1.82, 2.24) is 9.97 Å². The van der Waals surface area contributed by atoms with E-state index in [9.17, 15) is 13.2 Å². The highest BCUT2D eigenvalue weighted by Gasteiger charge is 2.31. The van der Waals surface area contributed by atoms with Crippen LogP contribution in [0.15, 0.2) is 48.8 Å². The zero-order chi connectivity index (χ0) is 22.0. The number of nitrogens with two attached hydrogens (primary N) is 1. The SMILES string of the molecule is Nc1cnc(-c2ccc(C3CCC3)c(OCc3ccc(OC(F)(F)F)cc3)c2F)cn1. The Morgan fingerprint density at radius 1 is 1.00 bits per heavy atom. The maximum absolute atomic E-state index is 15.4. The van der Waals surface area contributed by atoms with Crippen molar-refractivity contribution in [1.29, 1.82) is 0 Å². The summed E-state index contributed by atoms with van der Waals surface area (Å²) in [5, 5.41) is 0. The Bertz CT molecular complexity index is 1050. The Hall–Kier alpha value is -3.36. The molecule has 0 radical (unpaired) electrons. The number of rotatable bonds is 6. The molecule has 0 atom stereocenters. The predicted octanol–water partition coefficient (Wildman–Crippen LogP) is 5.61. The van der Waals surface area contributed by atoms with Gasteiger partial charge in [0.2, 0.25) is 0 Å². The van der Waals surface area contributed by atoms with Crippen LogP contribution in [-0.4, -0.2) is 16.3 Å². The van der Waals surface area contributed by atoms with Gasteiger partial charge >= 0.3 is 6.36 Å². The molecule has 0 unspecified atom stereocenters. The van der Waals surface area contributed by atoms with E-state index in [0.717, 1.165) is 24.8 Å². The Balaban J connectivity index is 1.58. The summed E-state index contributed by atoms with van der Waals surface area (Å²) in [7, 11) is 0. The number of anilines is 1. The van der Waals surface area contributed by atoms with Gasteiger partial charge in [0, 0.05) is 11.1 Å². The minimum Gasteiger partial charge on any atom is -0.486 e. The first-order chi connectivity index (χ1) is 14.8. The zero-order valence-electron chi connectivity index (χ0n) is 16.3. The summed E-state index contributed by atoms with van der Waals surface area (Å²) in [6.07, 6.45) is 0.933. The van der Waals surface area contributed by atoms with Crippen LogP contribution in [0, 0.1) is 5.82 Å². The van der Waals surface area contributed by atoms with E-state index in [1.807, 2.05) is 6.07 Å². The minimum absolute atomic E-state index is 0.0141. The summed E-state index contributed by atoms with van der Waals surface area (Å²) in [6, 6.07) is 8.75. The van der Waals surface area contributed by atoms with Gasteiger partial charge in [-0.05, 0) is 42.5 Å². The fraction of sp³-hybridized carbons (Fsp3) is 0.273. The average Bonchev–Trinajstić information content (AvgIpc) is 2.67. The molecule has 0 bridgehead atoms. The third-order valence-corrected chi connectivity index (χ3v) is 5.16. The third-order valence-electron chi connectivity index (χ3n) is 5.16. The van der Waals surface area contributed by atoms with E-state index in [2.05, 4.69) is 14.7 Å². The molecule has 1 saturated carbocycles. The molecular formula is C22H19F4N3O2. The molecule has 2 aromatic carbocycles. The van der Waals surface area contributed by atoms with Crippen LogP contribution in [0.1, 0.15) is 36.3 Å². The van der Waals surface area contributed by atoms with Crippen LogP contribution in [0.5, 0.6) is 11.5 Å². The van der Waals surface area contributed by atoms with Crippen LogP contribution in [-0.2, 0) is 6.61 Å². The lowest BCUT2D eigenvalue weighted by atomic mass is 9.79. The molecule has 0 spiro atoms. The van der Waals surface area contributed by atoms with Gasteiger partial charge in [0.05, 0.1) is 18.1 Å². The molecule has 1 aliphatic carbocycles. The number of nitrogens with zero attached hydrogens (tertiary/aromatic N) is 2. The summed E-state index contributed by atoms with van der Waals surface area (Å²) in [4.78, 5) is 8.08. The highest BCUT2D eigenvalue weighted by atomic mass is 19.4. The first-order valence-corrected chi connectivity index (χ1v) is 9.68. The average molecular weight is 433 g/mol. The van der Waals surface area contributed by atoms with E-state index in [0.29, 0.717) is 11.3 Å². The molecule has 0 amide bonds. The van der Waals surface area contributed by atoms with Gasteiger partial charge in [-0.1, -0.05) is 24.6 Å². The highest BCUT2D eigenvalue weighted by Crippen LogP contribution is 2.44. The zero-order valence-corrected chi connectivity index (χ0v) is 16.3. The first kappa shape index (κ1) is 20.9. The molecule has 3 aromatic rings. The van der Waals surface area contributed by atoms with Crippen molar-refractivity contribution in [3.63, 3.8) is 0 Å². The molecule has 2 N–H and O–H groups in total. The minimum atomic E-state index is -4.76. The van der Waals surface area contributed by atoms with E-state index in [1.165, 1.54) is 36.7 Å². The van der Waals surface area contributed by atoms with Crippen molar-refractivity contribution in [2.45, 2.75) is 38.1 Å². The van der Waals surface area contributed by atoms with Gasteiger partial charge in [0.25, 0.3) is 0 Å². The smallest absolute Gasteiger partial charge is 0.486 e. The number of aromatic nitrogens is 2. The van der Waals surface area contributed by atoms with Gasteiger partial charge in [0.15, 0.2) is 11.6 Å². The number of ether oxygens (including phenoxy) is 2. The number of halogens is 4. The summed E-state index contributed by atoms with van der Waals surface area (Å²) >= 11 is 0. The van der Waals surface area contributed by atoms with Crippen molar-refractivity contribution in [2.24, 2.45) is 0 Å². The van der Waals surface area contributed by atoms with E-state index in [4.69, 9.17) is 10.5 Å². The number of benzene rings is 2. The Kier molecular flexibility index (Phi) is 5.67. The Morgan fingerprint density at radius 3 is 2.32 bits per heavy atom. The molecule has 1 heterocycles. The monoisotopic (exact) mass is 433 g/mol. The molecule has 5 nitrogen and oxygen atoms in total. The second-order valence-corrected chi connectivity index (χ2v) is 7.28. The quantitative estimate of drug-likeness (QED) is 0.512. The fourth-order valence-corrected chi connectivity index (χ4v) is 3.38. The van der Waals surface area contributed by atoms with Gasteiger partial charge in [-0.25, -0.2) is 9.37 Å². The molecule has 1 aliphatic rings. The molecule has 1 aromatic heterocycles. The highest BCUT2D eigenvalue weighted by molar-refractivity contribution is 5.64. The number of hydrogen-bond donors (Lipinski definition) is 1. The molecule has 4 rings (SSSR count). The Labute approximate surface area is 175 Å². The van der Waals surface area contributed by atoms with Gasteiger partial charge in [-0.3, -0.25) is 4.98 Å². The van der Waals surface area contributed by atoms with Crippen LogP contribution in [0.3, 0.4) is 0 Å². The van der Waals surface area contributed by atoms with Crippen LogP contribution >= 0.6 is 0 Å². The van der Waals surface area contributed by atoms with E-state index in [1.54, 1.807) is 6.07 Å². The molecule has 31 heavy (non-hydrogen) atoms. The summed E-state index contributed by atoms with van der Waals surface area (Å²) in [5.41, 5.74) is 7.46. The number of alkyl halides is 3. The first-order valence-electron chi connectivity index (χ1n) is 9.68. The standard InChI is InChI=1S/C22H19F4N3O2/c23-20-17(18-10-29-19(27)11-28-18)9-8-16(14-2-1-3-14)21(20)30-12-13-4-6-15(7-5-13)31-22(24,25)26/h4-11,14H,1-3,12H2,(H2,27,29). The lowest BCUT2D eigenvalue weighted by molar-refractivity contribution is -0.274. The summed E-state index contributed by atoms with van der Waals surface area (Å²) in [5.74, 6) is -0.332. The van der Waals surface area contributed by atoms with Gasteiger partial charge in [-0.15, -0.1) is 13.2 Å². The molecule has 1 fully saturated rings. The normalized spacial score (nSPS) is 14.2. The van der Waals surface area contributed by atoms with Crippen molar-refractivity contribution in [3.05, 3.63) is 65.7 Å². The lowest BCUT2D eigenvalue weighted by Gasteiger charge is -2.28. The van der Waals surface area contributed by atoms with Crippen molar-refractivity contribution in [3.8, 4) is 22.8 Å². The van der Waals surface area contributed by atoms with E-state index < -0.39 is 12.2 Å². The third kappa shape index (κ3) is 4.87. The molecule has 9 heteroatoms. The van der Waals surface area contributed by atoms with E-state index in [-0.39, 0.29) is 35.4 Å². The van der Waals surface area contributed by atoms with Gasteiger partial charge in [-0.2, -0.15) is 0 Å². The molecular weight excluding hydrogens is 414 g/mol. The number of nitrogen functional groups attached to an aromatic ring is 1. The maximum atomic E-state index is 15.4. The lowest BCUT2D eigenvalue weighted by Crippen LogP contribution is -2.17. The largest absolute Gasteiger partial charge is 0.573 e. The summed E-state index contributed by atoms with van der Waals surface area (Å²) < 4.78 is 62.0. The second-order valence-electron chi connectivity index (χ2n) is 7.28.